The Labute approximate surface area is 191 Å². The Balaban J connectivity index is 1.44. The van der Waals surface area contributed by atoms with E-state index in [0.29, 0.717) is 40.7 Å². The van der Waals surface area contributed by atoms with Gasteiger partial charge in [0.25, 0.3) is 11.5 Å². The highest BCUT2D eigenvalue weighted by molar-refractivity contribution is 6.15. The standard InChI is InChI=1S/C27H23N3O3/c31-25(19-9-2-1-3-10-19)21-12-4-5-13-22(21)26(32)29-16-8-11-20(17-29)30-18-28-24-15-7-6-14-23(24)27(30)33/h1-7,9-10,12-15,18,20H,8,11,16-17H2/t20-/m0/s1. The van der Waals surface area contributed by atoms with Crippen LogP contribution in [-0.4, -0.2) is 39.2 Å². The highest BCUT2D eigenvalue weighted by Gasteiger charge is 2.28. The lowest BCUT2D eigenvalue weighted by Gasteiger charge is -2.34. The minimum atomic E-state index is -0.193. The van der Waals surface area contributed by atoms with Gasteiger partial charge in [0.1, 0.15) is 0 Å². The van der Waals surface area contributed by atoms with Gasteiger partial charge in [-0.2, -0.15) is 0 Å². The second-order valence-corrected chi connectivity index (χ2v) is 8.26. The summed E-state index contributed by atoms with van der Waals surface area (Å²) >= 11 is 0. The van der Waals surface area contributed by atoms with Crippen molar-refractivity contribution in [3.63, 3.8) is 0 Å². The van der Waals surface area contributed by atoms with Crippen LogP contribution >= 0.6 is 0 Å². The summed E-state index contributed by atoms with van der Waals surface area (Å²) < 4.78 is 1.64. The molecule has 4 aromatic rings. The Kier molecular flexibility index (Phi) is 5.57. The van der Waals surface area contributed by atoms with Crippen LogP contribution in [0, 0.1) is 0 Å². The number of fused-ring (bicyclic) bond motifs is 1. The van der Waals surface area contributed by atoms with E-state index in [1.807, 2.05) is 36.4 Å². The number of aromatic nitrogens is 2. The van der Waals surface area contributed by atoms with Crippen LogP contribution in [0.4, 0.5) is 0 Å². The average molecular weight is 437 g/mol. The fourth-order valence-electron chi connectivity index (χ4n) is 4.49. The number of piperidine rings is 1. The van der Waals surface area contributed by atoms with E-state index < -0.39 is 0 Å². The number of hydrogen-bond donors (Lipinski definition) is 0. The lowest BCUT2D eigenvalue weighted by molar-refractivity contribution is 0.0674. The Bertz CT molecular complexity index is 1390. The summed E-state index contributed by atoms with van der Waals surface area (Å²) in [5, 5.41) is 0.572. The molecule has 3 aromatic carbocycles. The number of para-hydroxylation sites is 1. The number of amides is 1. The van der Waals surface area contributed by atoms with Gasteiger partial charge in [0.05, 0.1) is 28.8 Å². The molecule has 2 heterocycles. The van der Waals surface area contributed by atoms with Gasteiger partial charge in [0.2, 0.25) is 0 Å². The molecule has 0 radical (unpaired) electrons. The zero-order valence-electron chi connectivity index (χ0n) is 18.1. The van der Waals surface area contributed by atoms with Crippen LogP contribution < -0.4 is 5.56 Å². The van der Waals surface area contributed by atoms with Gasteiger partial charge in [0.15, 0.2) is 5.78 Å². The predicted octanol–water partition coefficient (Wildman–Crippen LogP) is 4.10. The van der Waals surface area contributed by atoms with Crippen molar-refractivity contribution in [3.05, 3.63) is 112 Å². The third-order valence-corrected chi connectivity index (χ3v) is 6.21. The van der Waals surface area contributed by atoms with Crippen LogP contribution in [0.3, 0.4) is 0 Å². The first-order valence-electron chi connectivity index (χ1n) is 11.1. The molecule has 1 fully saturated rings. The second kappa shape index (κ2) is 8.82. The maximum atomic E-state index is 13.5. The van der Waals surface area contributed by atoms with Gasteiger partial charge in [-0.15, -0.1) is 0 Å². The SMILES string of the molecule is O=C(c1ccccc1)c1ccccc1C(=O)N1CCC[C@H](n2cnc3ccccc3c2=O)C1. The first-order valence-corrected chi connectivity index (χ1v) is 11.1. The molecular weight excluding hydrogens is 414 g/mol. The Hall–Kier alpha value is -4.06. The molecule has 164 valence electrons. The van der Waals surface area contributed by atoms with E-state index in [-0.39, 0.29) is 23.3 Å². The number of likely N-dealkylation sites (tertiary alicyclic amines) is 1. The molecule has 0 saturated carbocycles. The summed E-state index contributed by atoms with van der Waals surface area (Å²) in [7, 11) is 0. The molecule has 0 aliphatic carbocycles. The van der Waals surface area contributed by atoms with E-state index in [1.165, 1.54) is 0 Å². The van der Waals surface area contributed by atoms with E-state index in [1.54, 1.807) is 58.3 Å². The summed E-state index contributed by atoms with van der Waals surface area (Å²) in [4.78, 5) is 45.8. The van der Waals surface area contributed by atoms with Gasteiger partial charge in [0, 0.05) is 24.2 Å². The summed E-state index contributed by atoms with van der Waals surface area (Å²) in [6.07, 6.45) is 3.13. The van der Waals surface area contributed by atoms with Gasteiger partial charge >= 0.3 is 0 Å². The van der Waals surface area contributed by atoms with E-state index >= 15 is 0 Å². The Morgan fingerprint density at radius 1 is 0.848 bits per heavy atom. The fourth-order valence-corrected chi connectivity index (χ4v) is 4.49. The van der Waals surface area contributed by atoms with Crippen LogP contribution in [0.5, 0.6) is 0 Å². The highest BCUT2D eigenvalue weighted by atomic mass is 16.2. The molecule has 1 aromatic heterocycles. The maximum absolute atomic E-state index is 13.5. The van der Waals surface area contributed by atoms with Crippen LogP contribution in [-0.2, 0) is 0 Å². The lowest BCUT2D eigenvalue weighted by Crippen LogP contribution is -2.43. The smallest absolute Gasteiger partial charge is 0.261 e. The Morgan fingerprint density at radius 3 is 2.36 bits per heavy atom. The van der Waals surface area contributed by atoms with Crippen molar-refractivity contribution in [2.24, 2.45) is 0 Å². The molecule has 0 bridgehead atoms. The van der Waals surface area contributed by atoms with E-state index in [4.69, 9.17) is 0 Å². The molecule has 0 unspecified atom stereocenters. The minimum absolute atomic E-state index is 0.0976. The van der Waals surface area contributed by atoms with Crippen molar-refractivity contribution in [1.29, 1.82) is 0 Å². The third kappa shape index (κ3) is 3.96. The molecule has 0 N–H and O–H groups in total. The normalized spacial score (nSPS) is 16.0. The Morgan fingerprint density at radius 2 is 1.55 bits per heavy atom. The molecule has 6 heteroatoms. The molecule has 6 nitrogen and oxygen atoms in total. The molecular formula is C27H23N3O3. The van der Waals surface area contributed by atoms with Crippen LogP contribution in [0.15, 0.2) is 90.0 Å². The number of nitrogens with zero attached hydrogens (tertiary/aromatic N) is 3. The van der Waals surface area contributed by atoms with Crippen molar-refractivity contribution >= 4 is 22.6 Å². The van der Waals surface area contributed by atoms with Crippen molar-refractivity contribution in [1.82, 2.24) is 14.5 Å². The molecule has 1 aliphatic heterocycles. The summed E-state index contributed by atoms with van der Waals surface area (Å²) in [5.74, 6) is -0.371. The zero-order valence-corrected chi connectivity index (χ0v) is 18.1. The first-order chi connectivity index (χ1) is 16.1. The average Bonchev–Trinajstić information content (AvgIpc) is 2.89. The summed E-state index contributed by atoms with van der Waals surface area (Å²) in [6.45, 7) is 0.978. The number of hydrogen-bond acceptors (Lipinski definition) is 4. The molecule has 1 saturated heterocycles. The van der Waals surface area contributed by atoms with Gasteiger partial charge < -0.3 is 4.90 Å². The van der Waals surface area contributed by atoms with Gasteiger partial charge in [-0.1, -0.05) is 60.7 Å². The predicted molar refractivity (Wildman–Crippen MR) is 126 cm³/mol. The number of rotatable bonds is 4. The van der Waals surface area contributed by atoms with E-state index in [2.05, 4.69) is 4.98 Å². The maximum Gasteiger partial charge on any atom is 0.261 e. The quantitative estimate of drug-likeness (QED) is 0.451. The van der Waals surface area contributed by atoms with Crippen LogP contribution in [0.2, 0.25) is 0 Å². The van der Waals surface area contributed by atoms with Gasteiger partial charge in [-0.25, -0.2) is 4.98 Å². The molecule has 0 spiro atoms. The monoisotopic (exact) mass is 437 g/mol. The number of ketones is 1. The number of benzene rings is 3. The van der Waals surface area contributed by atoms with Crippen LogP contribution in [0.1, 0.15) is 45.2 Å². The van der Waals surface area contributed by atoms with Gasteiger partial charge in [-0.3, -0.25) is 19.0 Å². The highest BCUT2D eigenvalue weighted by Crippen LogP contribution is 2.24. The molecule has 1 atom stereocenters. The number of carbonyl (C=O) groups excluding carboxylic acids is 2. The topological polar surface area (TPSA) is 72.3 Å². The van der Waals surface area contributed by atoms with Crippen LogP contribution in [0.25, 0.3) is 10.9 Å². The van der Waals surface area contributed by atoms with E-state index in [9.17, 15) is 14.4 Å². The molecule has 1 amide bonds. The van der Waals surface area contributed by atoms with Crippen molar-refractivity contribution in [3.8, 4) is 0 Å². The molecule has 5 rings (SSSR count). The third-order valence-electron chi connectivity index (χ3n) is 6.21. The molecule has 1 aliphatic rings. The van der Waals surface area contributed by atoms with Crippen molar-refractivity contribution < 1.29 is 9.59 Å². The summed E-state index contributed by atoms with van der Waals surface area (Å²) in [6, 6.07) is 23.0. The summed E-state index contributed by atoms with van der Waals surface area (Å²) in [5.41, 5.74) is 1.88. The zero-order chi connectivity index (χ0) is 22.8. The fraction of sp³-hybridized carbons (Fsp3) is 0.185. The van der Waals surface area contributed by atoms with E-state index in [0.717, 1.165) is 12.8 Å². The van der Waals surface area contributed by atoms with Gasteiger partial charge in [-0.05, 0) is 31.0 Å². The van der Waals surface area contributed by atoms with Crippen molar-refractivity contribution in [2.45, 2.75) is 18.9 Å². The lowest BCUT2D eigenvalue weighted by atomic mass is 9.96. The first kappa shape index (κ1) is 20.8. The number of carbonyl (C=O) groups is 2. The second-order valence-electron chi connectivity index (χ2n) is 8.26. The minimum Gasteiger partial charge on any atom is -0.337 e. The largest absolute Gasteiger partial charge is 0.337 e. The molecule has 33 heavy (non-hydrogen) atoms. The van der Waals surface area contributed by atoms with Crippen molar-refractivity contribution in [2.75, 3.05) is 13.1 Å².